The molecule has 1 amide bonds. The Hall–Kier alpha value is -1.31. The SMILES string of the molecule is CC(C)OCCNC(=O)c1ccc(Cl)c(N2CCCCS2(=O)=O)c1. The van der Waals surface area contributed by atoms with Crippen molar-refractivity contribution in [2.45, 2.75) is 32.8 Å². The lowest BCUT2D eigenvalue weighted by molar-refractivity contribution is 0.0746. The maximum absolute atomic E-state index is 12.2. The highest BCUT2D eigenvalue weighted by molar-refractivity contribution is 7.92. The minimum atomic E-state index is -3.37. The molecule has 6 nitrogen and oxygen atoms in total. The second kappa shape index (κ2) is 8.18. The Labute approximate surface area is 148 Å². The fraction of sp³-hybridized carbons (Fsp3) is 0.562. The molecule has 1 N–H and O–H groups in total. The number of anilines is 1. The predicted molar refractivity (Wildman–Crippen MR) is 95.2 cm³/mol. The summed E-state index contributed by atoms with van der Waals surface area (Å²) in [6, 6.07) is 4.67. The number of carbonyl (C=O) groups is 1. The molecule has 8 heteroatoms. The monoisotopic (exact) mass is 374 g/mol. The summed E-state index contributed by atoms with van der Waals surface area (Å²) in [5.41, 5.74) is 0.738. The largest absolute Gasteiger partial charge is 0.377 e. The first-order chi connectivity index (χ1) is 11.3. The van der Waals surface area contributed by atoms with Crippen molar-refractivity contribution in [2.75, 3.05) is 29.8 Å². The lowest BCUT2D eigenvalue weighted by Crippen LogP contribution is -2.38. The van der Waals surface area contributed by atoms with Crippen molar-refractivity contribution in [3.8, 4) is 0 Å². The first-order valence-electron chi connectivity index (χ1n) is 8.01. The van der Waals surface area contributed by atoms with Gasteiger partial charge in [-0.15, -0.1) is 0 Å². The predicted octanol–water partition coefficient (Wildman–Crippen LogP) is 2.42. The van der Waals surface area contributed by atoms with Gasteiger partial charge in [-0.2, -0.15) is 0 Å². The van der Waals surface area contributed by atoms with E-state index in [1.807, 2.05) is 13.8 Å². The second-order valence-electron chi connectivity index (χ2n) is 5.94. The van der Waals surface area contributed by atoms with E-state index in [0.717, 1.165) is 6.42 Å². The number of hydrogen-bond acceptors (Lipinski definition) is 4. The first-order valence-corrected chi connectivity index (χ1v) is 10.00. The third kappa shape index (κ3) is 4.84. The summed E-state index contributed by atoms with van der Waals surface area (Å²) >= 11 is 6.17. The fourth-order valence-corrected chi connectivity index (χ4v) is 4.38. The molecule has 0 aliphatic carbocycles. The summed E-state index contributed by atoms with van der Waals surface area (Å²) < 4.78 is 31.2. The molecule has 0 radical (unpaired) electrons. The van der Waals surface area contributed by atoms with Gasteiger partial charge in [0.05, 0.1) is 29.2 Å². The fourth-order valence-electron chi connectivity index (χ4n) is 2.47. The average Bonchev–Trinajstić information content (AvgIpc) is 2.51. The van der Waals surface area contributed by atoms with Crippen LogP contribution in [-0.2, 0) is 14.8 Å². The number of hydrogen-bond donors (Lipinski definition) is 1. The van der Waals surface area contributed by atoms with E-state index in [9.17, 15) is 13.2 Å². The number of halogens is 1. The van der Waals surface area contributed by atoms with Crippen LogP contribution in [0.25, 0.3) is 0 Å². The van der Waals surface area contributed by atoms with Crippen molar-refractivity contribution in [3.05, 3.63) is 28.8 Å². The Morgan fingerprint density at radius 3 is 2.79 bits per heavy atom. The molecule has 0 unspecified atom stereocenters. The first kappa shape index (κ1) is 19.0. The van der Waals surface area contributed by atoms with Gasteiger partial charge in [0.25, 0.3) is 5.91 Å². The van der Waals surface area contributed by atoms with Crippen LogP contribution in [0.5, 0.6) is 0 Å². The minimum absolute atomic E-state index is 0.103. The number of nitrogens with one attached hydrogen (secondary N) is 1. The summed E-state index contributed by atoms with van der Waals surface area (Å²) in [6.07, 6.45) is 1.53. The number of sulfonamides is 1. The average molecular weight is 375 g/mol. The van der Waals surface area contributed by atoms with Crippen molar-refractivity contribution >= 4 is 33.2 Å². The van der Waals surface area contributed by atoms with Crippen molar-refractivity contribution in [2.24, 2.45) is 0 Å². The third-order valence-electron chi connectivity index (χ3n) is 3.67. The zero-order chi connectivity index (χ0) is 17.7. The maximum Gasteiger partial charge on any atom is 0.251 e. The van der Waals surface area contributed by atoms with E-state index in [1.54, 1.807) is 12.1 Å². The number of nitrogens with zero attached hydrogens (tertiary/aromatic N) is 1. The maximum atomic E-state index is 12.2. The summed E-state index contributed by atoms with van der Waals surface area (Å²) in [4.78, 5) is 12.2. The van der Waals surface area contributed by atoms with Crippen molar-refractivity contribution in [3.63, 3.8) is 0 Å². The smallest absolute Gasteiger partial charge is 0.251 e. The van der Waals surface area contributed by atoms with Crippen LogP contribution in [0.3, 0.4) is 0 Å². The van der Waals surface area contributed by atoms with Crippen molar-refractivity contribution < 1.29 is 17.9 Å². The molecule has 0 saturated carbocycles. The van der Waals surface area contributed by atoms with Crippen LogP contribution in [0, 0.1) is 0 Å². The lowest BCUT2D eigenvalue weighted by atomic mass is 10.2. The van der Waals surface area contributed by atoms with Gasteiger partial charge in [0.15, 0.2) is 0 Å². The zero-order valence-electron chi connectivity index (χ0n) is 13.9. The van der Waals surface area contributed by atoms with Gasteiger partial charge in [-0.25, -0.2) is 8.42 Å². The standard InChI is InChI=1S/C16H23ClN2O4S/c1-12(2)23-9-7-18-16(20)13-5-6-14(17)15(11-13)19-8-3-4-10-24(19,21)22/h5-6,11-12H,3-4,7-10H2,1-2H3,(H,18,20). The number of amides is 1. The van der Waals surface area contributed by atoms with E-state index in [0.29, 0.717) is 42.4 Å². The number of rotatable bonds is 6. The molecule has 1 heterocycles. The normalized spacial score (nSPS) is 17.1. The van der Waals surface area contributed by atoms with Crippen LogP contribution >= 0.6 is 11.6 Å². The highest BCUT2D eigenvalue weighted by Gasteiger charge is 2.28. The number of ether oxygens (including phenoxy) is 1. The Kier molecular flexibility index (Phi) is 6.48. The second-order valence-corrected chi connectivity index (χ2v) is 8.36. The van der Waals surface area contributed by atoms with Crippen LogP contribution in [0.1, 0.15) is 37.0 Å². The van der Waals surface area contributed by atoms with Crippen LogP contribution < -0.4 is 9.62 Å². The summed E-state index contributed by atoms with van der Waals surface area (Å²) in [6.45, 7) is 5.04. The van der Waals surface area contributed by atoms with E-state index in [1.165, 1.54) is 10.4 Å². The van der Waals surface area contributed by atoms with Crippen LogP contribution in [-0.4, -0.2) is 45.9 Å². The van der Waals surface area contributed by atoms with Gasteiger partial charge in [-0.05, 0) is 44.9 Å². The van der Waals surface area contributed by atoms with E-state index < -0.39 is 10.0 Å². The summed E-state index contributed by atoms with van der Waals surface area (Å²) in [7, 11) is -3.37. The van der Waals surface area contributed by atoms with Crippen molar-refractivity contribution in [1.29, 1.82) is 0 Å². The molecule has 0 atom stereocenters. The van der Waals surface area contributed by atoms with Gasteiger partial charge < -0.3 is 10.1 Å². The van der Waals surface area contributed by atoms with E-state index in [4.69, 9.17) is 16.3 Å². The molecule has 1 aromatic rings. The number of benzene rings is 1. The topological polar surface area (TPSA) is 75.7 Å². The van der Waals surface area contributed by atoms with Gasteiger partial charge >= 0.3 is 0 Å². The Bertz CT molecular complexity index is 691. The highest BCUT2D eigenvalue weighted by Crippen LogP contribution is 2.31. The molecule has 0 aromatic heterocycles. The van der Waals surface area contributed by atoms with Crippen LogP contribution in [0.4, 0.5) is 5.69 Å². The molecule has 1 fully saturated rings. The zero-order valence-corrected chi connectivity index (χ0v) is 15.5. The van der Waals surface area contributed by atoms with E-state index in [-0.39, 0.29) is 17.8 Å². The van der Waals surface area contributed by atoms with Gasteiger partial charge in [-0.1, -0.05) is 11.6 Å². The van der Waals surface area contributed by atoms with Gasteiger partial charge in [-0.3, -0.25) is 9.10 Å². The van der Waals surface area contributed by atoms with Crippen LogP contribution in [0.2, 0.25) is 5.02 Å². The molecule has 0 bridgehead atoms. The molecule has 1 saturated heterocycles. The quantitative estimate of drug-likeness (QED) is 0.776. The van der Waals surface area contributed by atoms with E-state index >= 15 is 0 Å². The Morgan fingerprint density at radius 2 is 2.12 bits per heavy atom. The molecule has 1 aliphatic rings. The van der Waals surface area contributed by atoms with Gasteiger partial charge in [0.2, 0.25) is 10.0 Å². The summed E-state index contributed by atoms with van der Waals surface area (Å²) in [5.74, 6) is -0.179. The molecule has 0 spiro atoms. The molecular weight excluding hydrogens is 352 g/mol. The van der Waals surface area contributed by atoms with Gasteiger partial charge in [0, 0.05) is 18.7 Å². The molecule has 2 rings (SSSR count). The van der Waals surface area contributed by atoms with E-state index in [2.05, 4.69) is 5.32 Å². The molecule has 1 aromatic carbocycles. The Morgan fingerprint density at radius 1 is 1.38 bits per heavy atom. The van der Waals surface area contributed by atoms with Crippen molar-refractivity contribution in [1.82, 2.24) is 5.32 Å². The lowest BCUT2D eigenvalue weighted by Gasteiger charge is -2.29. The minimum Gasteiger partial charge on any atom is -0.377 e. The summed E-state index contributed by atoms with van der Waals surface area (Å²) in [5, 5.41) is 3.07. The molecule has 24 heavy (non-hydrogen) atoms. The highest BCUT2D eigenvalue weighted by atomic mass is 35.5. The van der Waals surface area contributed by atoms with Crippen LogP contribution in [0.15, 0.2) is 18.2 Å². The Balaban J connectivity index is 2.12. The molecule has 134 valence electrons. The number of carbonyl (C=O) groups excluding carboxylic acids is 1. The van der Waals surface area contributed by atoms with Gasteiger partial charge in [0.1, 0.15) is 0 Å². The third-order valence-corrected chi connectivity index (χ3v) is 5.84. The molecule has 1 aliphatic heterocycles. The molecular formula is C16H23ClN2O4S.